The van der Waals surface area contributed by atoms with Crippen LogP contribution in [0.2, 0.25) is 0 Å². The van der Waals surface area contributed by atoms with E-state index < -0.39 is 10.1 Å². The molecule has 0 unspecified atom stereocenters. The normalized spacial score (nSPS) is 11.9. The molecule has 0 saturated carbocycles. The van der Waals surface area contributed by atoms with E-state index in [-0.39, 0.29) is 5.75 Å². The van der Waals surface area contributed by atoms with Crippen molar-refractivity contribution >= 4 is 31.7 Å². The number of aryl methyl sites for hydroxylation is 1. The lowest BCUT2D eigenvalue weighted by Gasteiger charge is -1.99. The number of fused-ring (bicyclic) bond motifs is 1. The molecule has 4 nitrogen and oxygen atoms in total. The standard InChI is InChI=1S/C16H14NO3S2/c18-22(19,20)10-4-7-16-17-14-11-13(8-9-15(14)21-16)12-5-2-1-3-6-12/h1-3,5-6,8-9H,4,7,10H2,(H,18,19,20). The summed E-state index contributed by atoms with van der Waals surface area (Å²) >= 11 is 1.53. The molecule has 1 aromatic heterocycles. The van der Waals surface area contributed by atoms with Crippen molar-refractivity contribution in [2.24, 2.45) is 0 Å². The van der Waals surface area contributed by atoms with Crippen LogP contribution in [0.25, 0.3) is 21.3 Å². The molecule has 2 aromatic carbocycles. The van der Waals surface area contributed by atoms with Crippen LogP contribution < -0.4 is 0 Å². The van der Waals surface area contributed by atoms with Gasteiger partial charge in [-0.15, -0.1) is 11.3 Å². The van der Waals surface area contributed by atoms with Gasteiger partial charge in [-0.2, -0.15) is 8.42 Å². The van der Waals surface area contributed by atoms with Crippen LogP contribution >= 0.6 is 11.3 Å². The zero-order valence-corrected chi connectivity index (χ0v) is 13.3. The lowest BCUT2D eigenvalue weighted by molar-refractivity contribution is 0.481. The van der Waals surface area contributed by atoms with Crippen molar-refractivity contribution in [1.82, 2.24) is 4.98 Å². The molecular weight excluding hydrogens is 318 g/mol. The molecular formula is C16H14NO3S2. The molecule has 1 heterocycles. The van der Waals surface area contributed by atoms with E-state index in [0.717, 1.165) is 26.4 Å². The van der Waals surface area contributed by atoms with Gasteiger partial charge in [0.05, 0.1) is 21.0 Å². The molecule has 0 amide bonds. The molecule has 0 bridgehead atoms. The highest BCUT2D eigenvalue weighted by Crippen LogP contribution is 2.27. The van der Waals surface area contributed by atoms with Gasteiger partial charge in [0.15, 0.2) is 0 Å². The maximum Gasteiger partial charge on any atom is 0.264 e. The SMILES string of the molecule is O=S(=O)(O)CCCc1nc2[c]c(-c3ccccc3)ccc2s1. The predicted molar refractivity (Wildman–Crippen MR) is 88.6 cm³/mol. The van der Waals surface area contributed by atoms with Gasteiger partial charge < -0.3 is 0 Å². The minimum Gasteiger partial charge on any atom is -0.286 e. The highest BCUT2D eigenvalue weighted by Gasteiger charge is 2.09. The minimum absolute atomic E-state index is 0.234. The molecule has 6 heteroatoms. The van der Waals surface area contributed by atoms with Crippen LogP contribution in [0.5, 0.6) is 0 Å². The Hall–Kier alpha value is -1.76. The van der Waals surface area contributed by atoms with Crippen LogP contribution in [-0.2, 0) is 16.5 Å². The molecule has 113 valence electrons. The first-order chi connectivity index (χ1) is 10.5. The zero-order valence-electron chi connectivity index (χ0n) is 11.7. The summed E-state index contributed by atoms with van der Waals surface area (Å²) in [6.07, 6.45) is 0.901. The average Bonchev–Trinajstić information content (AvgIpc) is 2.88. The number of nitrogens with zero attached hydrogens (tertiary/aromatic N) is 1. The summed E-state index contributed by atoms with van der Waals surface area (Å²) < 4.78 is 31.2. The molecule has 3 rings (SSSR count). The highest BCUT2D eigenvalue weighted by atomic mass is 32.2. The smallest absolute Gasteiger partial charge is 0.264 e. The van der Waals surface area contributed by atoms with Gasteiger partial charge in [-0.3, -0.25) is 4.55 Å². The molecule has 1 radical (unpaired) electrons. The van der Waals surface area contributed by atoms with Crippen molar-refractivity contribution in [2.75, 3.05) is 5.75 Å². The summed E-state index contributed by atoms with van der Waals surface area (Å²) in [7, 11) is -3.90. The first kappa shape index (κ1) is 15.1. The third-order valence-corrected chi connectivity index (χ3v) is 5.11. The van der Waals surface area contributed by atoms with Crippen LogP contribution in [0.1, 0.15) is 11.4 Å². The van der Waals surface area contributed by atoms with Gasteiger partial charge in [-0.1, -0.05) is 36.4 Å². The zero-order chi connectivity index (χ0) is 15.6. The van der Waals surface area contributed by atoms with E-state index in [9.17, 15) is 8.42 Å². The molecule has 0 spiro atoms. The van der Waals surface area contributed by atoms with Crippen molar-refractivity contribution in [3.8, 4) is 11.1 Å². The van der Waals surface area contributed by atoms with Crippen LogP contribution in [0.4, 0.5) is 0 Å². The third kappa shape index (κ3) is 3.71. The van der Waals surface area contributed by atoms with Crippen molar-refractivity contribution in [2.45, 2.75) is 12.8 Å². The topological polar surface area (TPSA) is 67.3 Å². The Bertz CT molecular complexity index is 886. The second-order valence-electron chi connectivity index (χ2n) is 4.95. The number of rotatable bonds is 5. The van der Waals surface area contributed by atoms with E-state index >= 15 is 0 Å². The number of hydrogen-bond acceptors (Lipinski definition) is 4. The first-order valence-corrected chi connectivity index (χ1v) is 9.26. The Morgan fingerprint density at radius 2 is 1.91 bits per heavy atom. The van der Waals surface area contributed by atoms with Gasteiger partial charge in [-0.25, -0.2) is 4.98 Å². The Morgan fingerprint density at radius 1 is 1.14 bits per heavy atom. The van der Waals surface area contributed by atoms with E-state index in [1.165, 1.54) is 11.3 Å². The maximum absolute atomic E-state index is 10.7. The number of benzene rings is 2. The summed E-state index contributed by atoms with van der Waals surface area (Å²) in [5, 5.41) is 0.861. The fraction of sp³-hybridized carbons (Fsp3) is 0.188. The van der Waals surface area contributed by atoms with Gasteiger partial charge in [0.1, 0.15) is 0 Å². The van der Waals surface area contributed by atoms with Crippen LogP contribution in [0, 0.1) is 6.07 Å². The van der Waals surface area contributed by atoms with E-state index in [0.29, 0.717) is 12.8 Å². The van der Waals surface area contributed by atoms with Crippen molar-refractivity contribution in [3.63, 3.8) is 0 Å². The fourth-order valence-electron chi connectivity index (χ4n) is 2.21. The highest BCUT2D eigenvalue weighted by molar-refractivity contribution is 7.85. The predicted octanol–water partition coefficient (Wildman–Crippen LogP) is 3.58. The Kier molecular flexibility index (Phi) is 4.24. The second kappa shape index (κ2) is 6.16. The molecule has 0 aliphatic carbocycles. The Balaban J connectivity index is 1.81. The lowest BCUT2D eigenvalue weighted by Crippen LogP contribution is -2.04. The van der Waals surface area contributed by atoms with Gasteiger partial charge in [0, 0.05) is 12.5 Å². The van der Waals surface area contributed by atoms with Crippen LogP contribution in [-0.4, -0.2) is 23.7 Å². The average molecular weight is 332 g/mol. The summed E-state index contributed by atoms with van der Waals surface area (Å²) in [4.78, 5) is 4.50. The molecule has 0 atom stereocenters. The van der Waals surface area contributed by atoms with Crippen molar-refractivity contribution in [1.29, 1.82) is 0 Å². The fourth-order valence-corrected chi connectivity index (χ4v) is 3.68. The van der Waals surface area contributed by atoms with Gasteiger partial charge in [0.25, 0.3) is 10.1 Å². The second-order valence-corrected chi connectivity index (χ2v) is 7.64. The van der Waals surface area contributed by atoms with E-state index in [1.54, 1.807) is 0 Å². The summed E-state index contributed by atoms with van der Waals surface area (Å²) in [5.74, 6) is -0.234. The van der Waals surface area contributed by atoms with Crippen molar-refractivity contribution in [3.05, 3.63) is 53.5 Å². The van der Waals surface area contributed by atoms with Crippen molar-refractivity contribution < 1.29 is 13.0 Å². The number of thiazole rings is 1. The summed E-state index contributed by atoms with van der Waals surface area (Å²) in [6.45, 7) is 0. The monoisotopic (exact) mass is 332 g/mol. The molecule has 0 aliphatic heterocycles. The number of aromatic nitrogens is 1. The molecule has 0 aliphatic rings. The number of hydrogen-bond donors (Lipinski definition) is 1. The van der Waals surface area contributed by atoms with Gasteiger partial charge in [-0.05, 0) is 23.6 Å². The lowest BCUT2D eigenvalue weighted by atomic mass is 10.1. The van der Waals surface area contributed by atoms with Gasteiger partial charge >= 0.3 is 0 Å². The van der Waals surface area contributed by atoms with Crippen LogP contribution in [0.15, 0.2) is 42.5 Å². The first-order valence-electron chi connectivity index (χ1n) is 6.83. The molecule has 0 fully saturated rings. The van der Waals surface area contributed by atoms with Crippen LogP contribution in [0.3, 0.4) is 0 Å². The maximum atomic E-state index is 10.7. The Labute approximate surface area is 133 Å². The van der Waals surface area contributed by atoms with E-state index in [4.69, 9.17) is 4.55 Å². The summed E-state index contributed by atoms with van der Waals surface area (Å²) in [6, 6.07) is 17.3. The Morgan fingerprint density at radius 3 is 2.64 bits per heavy atom. The summed E-state index contributed by atoms with van der Waals surface area (Å²) in [5.41, 5.74) is 2.88. The largest absolute Gasteiger partial charge is 0.286 e. The molecule has 0 saturated heterocycles. The minimum atomic E-state index is -3.90. The third-order valence-electron chi connectivity index (χ3n) is 3.23. The van der Waals surface area contributed by atoms with Gasteiger partial charge in [0.2, 0.25) is 0 Å². The van der Waals surface area contributed by atoms with E-state index in [2.05, 4.69) is 11.1 Å². The quantitative estimate of drug-likeness (QED) is 0.725. The van der Waals surface area contributed by atoms with E-state index in [1.807, 2.05) is 42.5 Å². The molecule has 3 aromatic rings. The molecule has 22 heavy (non-hydrogen) atoms. The molecule has 1 N–H and O–H groups in total.